The molecule has 0 radical (unpaired) electrons. The van der Waals surface area contributed by atoms with E-state index in [0.717, 1.165) is 41.4 Å². The molecule has 9 heteroatoms. The van der Waals surface area contributed by atoms with Crippen LogP contribution in [0.1, 0.15) is 20.3 Å². The third-order valence-electron chi connectivity index (χ3n) is 4.88. The largest absolute Gasteiger partial charge is 0.351 e. The van der Waals surface area contributed by atoms with Crippen LogP contribution in [0.4, 0.5) is 18.9 Å². The molecule has 0 aromatic heterocycles. The van der Waals surface area contributed by atoms with Gasteiger partial charge >= 0.3 is 0 Å². The molecule has 1 aromatic rings. The van der Waals surface area contributed by atoms with E-state index in [-0.39, 0.29) is 11.6 Å². The van der Waals surface area contributed by atoms with Crippen LogP contribution in [0.25, 0.3) is 0 Å². The van der Waals surface area contributed by atoms with Gasteiger partial charge in [0, 0.05) is 6.54 Å². The van der Waals surface area contributed by atoms with Gasteiger partial charge in [-0.15, -0.1) is 0 Å². The minimum absolute atomic E-state index is 0.0231. The van der Waals surface area contributed by atoms with Crippen molar-refractivity contribution in [1.29, 1.82) is 0 Å². The third-order valence-corrected chi connectivity index (χ3v) is 4.88. The zero-order chi connectivity index (χ0) is 20.0. The van der Waals surface area contributed by atoms with E-state index in [1.54, 1.807) is 6.92 Å². The van der Waals surface area contributed by atoms with Crippen molar-refractivity contribution in [2.75, 3.05) is 44.6 Å². The molecule has 0 unspecified atom stereocenters. The van der Waals surface area contributed by atoms with Crippen LogP contribution in [0.5, 0.6) is 0 Å². The van der Waals surface area contributed by atoms with Crippen molar-refractivity contribution in [1.82, 2.24) is 5.32 Å². The van der Waals surface area contributed by atoms with Gasteiger partial charge in [-0.2, -0.15) is 0 Å². The van der Waals surface area contributed by atoms with E-state index in [9.17, 15) is 22.8 Å². The summed E-state index contributed by atoms with van der Waals surface area (Å²) in [7, 11) is 0. The molecule has 1 heterocycles. The van der Waals surface area contributed by atoms with Gasteiger partial charge in [-0.05, 0) is 25.5 Å². The van der Waals surface area contributed by atoms with Crippen molar-refractivity contribution in [2.45, 2.75) is 26.3 Å². The van der Waals surface area contributed by atoms with Gasteiger partial charge in [-0.3, -0.25) is 9.59 Å². The molecule has 1 aliphatic rings. The standard InChI is InChI=1S/C18H25F3N4O2/c1-3-6-22-15(26)11-24-7-9-25(10-8-24)12(2)18(27)23-14-5-4-13(19)16(20)17(14)21/h4-5,12H,3,6-11H2,1-2H3,(H,22,26)(H,23,27)/p+2/t12-/m0/s1. The zero-order valence-corrected chi connectivity index (χ0v) is 15.6. The SMILES string of the molecule is CCCNC(=O)C[NH+]1CC[NH+]([C@@H](C)C(=O)Nc2ccc(F)c(F)c2F)CC1. The Hall–Kier alpha value is -2.13. The molecule has 1 aromatic carbocycles. The van der Waals surface area contributed by atoms with Gasteiger partial charge in [0.2, 0.25) is 0 Å². The van der Waals surface area contributed by atoms with Gasteiger partial charge in [0.25, 0.3) is 11.8 Å². The molecule has 0 saturated carbocycles. The maximum Gasteiger partial charge on any atom is 0.282 e. The molecule has 1 atom stereocenters. The van der Waals surface area contributed by atoms with Crippen molar-refractivity contribution < 1.29 is 32.6 Å². The summed E-state index contributed by atoms with van der Waals surface area (Å²) in [5, 5.41) is 5.18. The number of anilines is 1. The first-order chi connectivity index (χ1) is 12.8. The van der Waals surface area contributed by atoms with Crippen LogP contribution >= 0.6 is 0 Å². The van der Waals surface area contributed by atoms with Gasteiger partial charge < -0.3 is 20.4 Å². The lowest BCUT2D eigenvalue weighted by Gasteiger charge is -2.32. The predicted octanol–water partition coefficient (Wildman–Crippen LogP) is -1.26. The molecule has 1 fully saturated rings. The van der Waals surface area contributed by atoms with E-state index in [1.807, 2.05) is 6.92 Å². The van der Waals surface area contributed by atoms with E-state index < -0.39 is 29.4 Å². The van der Waals surface area contributed by atoms with Crippen LogP contribution in [0.3, 0.4) is 0 Å². The lowest BCUT2D eigenvalue weighted by Crippen LogP contribution is -3.30. The summed E-state index contributed by atoms with van der Waals surface area (Å²) in [4.78, 5) is 26.3. The highest BCUT2D eigenvalue weighted by Crippen LogP contribution is 2.19. The summed E-state index contributed by atoms with van der Waals surface area (Å²) in [6.07, 6.45) is 0.893. The average Bonchev–Trinajstić information content (AvgIpc) is 2.66. The highest BCUT2D eigenvalue weighted by atomic mass is 19.2. The molecule has 27 heavy (non-hydrogen) atoms. The second-order valence-corrected chi connectivity index (χ2v) is 6.87. The maximum absolute atomic E-state index is 13.7. The van der Waals surface area contributed by atoms with Crippen molar-refractivity contribution in [3.05, 3.63) is 29.6 Å². The fraction of sp³-hybridized carbons (Fsp3) is 0.556. The topological polar surface area (TPSA) is 67.1 Å². The lowest BCUT2D eigenvalue weighted by atomic mass is 10.2. The highest BCUT2D eigenvalue weighted by Gasteiger charge is 2.32. The molecule has 0 aliphatic carbocycles. The minimum atomic E-state index is -1.61. The van der Waals surface area contributed by atoms with Crippen molar-refractivity contribution in [3.63, 3.8) is 0 Å². The van der Waals surface area contributed by atoms with Crippen LogP contribution in [0.15, 0.2) is 12.1 Å². The molecule has 4 N–H and O–H groups in total. The van der Waals surface area contributed by atoms with Crippen LogP contribution in [-0.4, -0.2) is 57.1 Å². The maximum atomic E-state index is 13.7. The predicted molar refractivity (Wildman–Crippen MR) is 94.0 cm³/mol. The summed E-state index contributed by atoms with van der Waals surface area (Å²) in [6, 6.07) is 1.30. The van der Waals surface area contributed by atoms with E-state index in [4.69, 9.17) is 0 Å². The monoisotopic (exact) mass is 388 g/mol. The van der Waals surface area contributed by atoms with Crippen LogP contribution in [-0.2, 0) is 9.59 Å². The first kappa shape index (κ1) is 21.2. The smallest absolute Gasteiger partial charge is 0.282 e. The second kappa shape index (κ2) is 9.70. The minimum Gasteiger partial charge on any atom is -0.351 e. The highest BCUT2D eigenvalue weighted by molar-refractivity contribution is 5.93. The van der Waals surface area contributed by atoms with Gasteiger partial charge in [0.05, 0.1) is 5.69 Å². The van der Waals surface area contributed by atoms with Crippen molar-refractivity contribution >= 4 is 17.5 Å². The third kappa shape index (κ3) is 5.67. The Morgan fingerprint density at radius 1 is 1.11 bits per heavy atom. The summed E-state index contributed by atoms with van der Waals surface area (Å²) in [5.41, 5.74) is -0.373. The summed E-state index contributed by atoms with van der Waals surface area (Å²) in [6.45, 7) is 7.64. The number of halogens is 3. The Morgan fingerprint density at radius 3 is 2.41 bits per heavy atom. The van der Waals surface area contributed by atoms with Crippen molar-refractivity contribution in [3.8, 4) is 0 Å². The molecule has 2 rings (SSSR count). The molecular formula is C18H27F3N4O2+2. The normalized spacial score (nSPS) is 20.8. The fourth-order valence-electron chi connectivity index (χ4n) is 3.14. The molecule has 6 nitrogen and oxygen atoms in total. The van der Waals surface area contributed by atoms with Gasteiger partial charge in [-0.1, -0.05) is 6.92 Å². The van der Waals surface area contributed by atoms with Crippen LogP contribution < -0.4 is 20.4 Å². The number of carbonyl (C=O) groups is 2. The molecule has 0 bridgehead atoms. The van der Waals surface area contributed by atoms with Crippen LogP contribution in [0.2, 0.25) is 0 Å². The van der Waals surface area contributed by atoms with E-state index in [2.05, 4.69) is 10.6 Å². The lowest BCUT2D eigenvalue weighted by molar-refractivity contribution is -1.01. The first-order valence-electron chi connectivity index (χ1n) is 9.22. The molecule has 150 valence electrons. The van der Waals surface area contributed by atoms with Gasteiger partial charge in [-0.25, -0.2) is 13.2 Å². The average molecular weight is 388 g/mol. The summed E-state index contributed by atoms with van der Waals surface area (Å²) < 4.78 is 40.0. The van der Waals surface area contributed by atoms with Crippen LogP contribution in [0, 0.1) is 17.5 Å². The van der Waals surface area contributed by atoms with E-state index in [1.165, 1.54) is 0 Å². The number of benzene rings is 1. The first-order valence-corrected chi connectivity index (χ1v) is 9.22. The Kier molecular flexibility index (Phi) is 7.61. The Labute approximate surface area is 156 Å². The number of hydrogen-bond acceptors (Lipinski definition) is 2. The molecule has 1 aliphatic heterocycles. The Morgan fingerprint density at radius 2 is 1.78 bits per heavy atom. The molecular weight excluding hydrogens is 361 g/mol. The number of amides is 2. The number of carbonyl (C=O) groups excluding carboxylic acids is 2. The number of quaternary nitrogens is 2. The molecule has 1 saturated heterocycles. The summed E-state index contributed by atoms with van der Waals surface area (Å²) >= 11 is 0. The molecule has 0 spiro atoms. The number of nitrogens with one attached hydrogen (secondary N) is 4. The zero-order valence-electron chi connectivity index (χ0n) is 15.6. The Bertz CT molecular complexity index is 679. The summed E-state index contributed by atoms with van der Waals surface area (Å²) in [5.74, 6) is -4.75. The second-order valence-electron chi connectivity index (χ2n) is 6.87. The fourth-order valence-corrected chi connectivity index (χ4v) is 3.14. The van der Waals surface area contributed by atoms with Gasteiger partial charge in [0.1, 0.15) is 26.2 Å². The number of hydrogen-bond donors (Lipinski definition) is 4. The van der Waals surface area contributed by atoms with E-state index in [0.29, 0.717) is 26.2 Å². The number of rotatable bonds is 7. The van der Waals surface area contributed by atoms with Crippen molar-refractivity contribution in [2.24, 2.45) is 0 Å². The van der Waals surface area contributed by atoms with Gasteiger partial charge in [0.15, 0.2) is 30.0 Å². The molecule has 2 amide bonds. The van der Waals surface area contributed by atoms with E-state index >= 15 is 0 Å². The number of piperazine rings is 1. The quantitative estimate of drug-likeness (QED) is 0.441. The Balaban J connectivity index is 1.84.